The van der Waals surface area contributed by atoms with Crippen molar-refractivity contribution >= 4 is 23.6 Å². The number of carbonyl (C=O) groups excluding carboxylic acids is 2. The topological polar surface area (TPSA) is 114 Å². The van der Waals surface area contributed by atoms with E-state index >= 15 is 0 Å². The van der Waals surface area contributed by atoms with Crippen LogP contribution in [0, 0.1) is 5.82 Å². The van der Waals surface area contributed by atoms with E-state index in [0.29, 0.717) is 37.7 Å². The molecule has 0 aliphatic carbocycles. The SMILES string of the molecule is CCN1C(=O)[C@H](NC(=O)c2cccc(C(F)(F)F)c2)[C@H](c2ccc(F)cc2)c2c(C(=O)O)nn(C3CCOCC3)c21. The number of nitrogens with zero attached hydrogens (tertiary/aromatic N) is 3. The van der Waals surface area contributed by atoms with Gasteiger partial charge in [-0.15, -0.1) is 0 Å². The Kier molecular flexibility index (Phi) is 7.56. The van der Waals surface area contributed by atoms with Crippen molar-refractivity contribution in [1.29, 1.82) is 0 Å². The molecular weight excluding hydrogens is 548 g/mol. The summed E-state index contributed by atoms with van der Waals surface area (Å²) in [5.41, 5.74) is -1.26. The van der Waals surface area contributed by atoms with Crippen molar-refractivity contribution in [2.24, 2.45) is 0 Å². The lowest BCUT2D eigenvalue weighted by Crippen LogP contribution is -2.55. The largest absolute Gasteiger partial charge is 0.476 e. The maximum Gasteiger partial charge on any atom is 0.416 e. The number of aromatic nitrogens is 2. The first-order valence-electron chi connectivity index (χ1n) is 13.0. The summed E-state index contributed by atoms with van der Waals surface area (Å²) in [5.74, 6) is -4.40. The molecule has 2 atom stereocenters. The minimum Gasteiger partial charge on any atom is -0.476 e. The Bertz CT molecular complexity index is 1480. The zero-order valence-electron chi connectivity index (χ0n) is 21.8. The third kappa shape index (κ3) is 5.29. The summed E-state index contributed by atoms with van der Waals surface area (Å²) in [6.07, 6.45) is -3.65. The minimum atomic E-state index is -4.70. The second-order valence-electron chi connectivity index (χ2n) is 9.82. The average molecular weight is 575 g/mol. The van der Waals surface area contributed by atoms with Crippen molar-refractivity contribution in [2.75, 3.05) is 24.7 Å². The van der Waals surface area contributed by atoms with Crippen LogP contribution in [0.5, 0.6) is 0 Å². The second kappa shape index (κ2) is 11.0. The molecule has 2 N–H and O–H groups in total. The lowest BCUT2D eigenvalue weighted by Gasteiger charge is -2.39. The predicted octanol–water partition coefficient (Wildman–Crippen LogP) is 4.39. The second-order valence-corrected chi connectivity index (χ2v) is 9.82. The number of benzene rings is 2. The number of aromatic carboxylic acids is 1. The monoisotopic (exact) mass is 574 g/mol. The van der Waals surface area contributed by atoms with Gasteiger partial charge < -0.3 is 15.2 Å². The molecule has 0 unspecified atom stereocenters. The van der Waals surface area contributed by atoms with Gasteiger partial charge in [0.1, 0.15) is 17.7 Å². The molecule has 2 aliphatic heterocycles. The number of hydrogen-bond donors (Lipinski definition) is 2. The van der Waals surface area contributed by atoms with E-state index in [1.54, 1.807) is 6.92 Å². The molecule has 0 bridgehead atoms. The number of carbonyl (C=O) groups is 3. The Morgan fingerprint density at radius 2 is 1.80 bits per heavy atom. The van der Waals surface area contributed by atoms with Crippen LogP contribution in [-0.4, -0.2) is 58.5 Å². The number of halogens is 4. The van der Waals surface area contributed by atoms with Gasteiger partial charge in [0.15, 0.2) is 5.69 Å². The third-order valence-corrected chi connectivity index (χ3v) is 7.38. The molecule has 0 spiro atoms. The summed E-state index contributed by atoms with van der Waals surface area (Å²) < 4.78 is 60.8. The van der Waals surface area contributed by atoms with E-state index in [1.807, 2.05) is 0 Å². The normalized spacial score (nSPS) is 19.6. The summed E-state index contributed by atoms with van der Waals surface area (Å²) in [6, 6.07) is 7.08. The molecule has 216 valence electrons. The number of ether oxygens (including phenoxy) is 1. The maximum atomic E-state index is 14.0. The molecule has 41 heavy (non-hydrogen) atoms. The highest BCUT2D eigenvalue weighted by molar-refractivity contribution is 6.06. The van der Waals surface area contributed by atoms with Crippen molar-refractivity contribution in [3.63, 3.8) is 0 Å². The van der Waals surface area contributed by atoms with Crippen LogP contribution in [0.4, 0.5) is 23.4 Å². The zero-order chi connectivity index (χ0) is 29.5. The highest BCUT2D eigenvalue weighted by Crippen LogP contribution is 2.44. The predicted molar refractivity (Wildman–Crippen MR) is 137 cm³/mol. The van der Waals surface area contributed by atoms with E-state index < -0.39 is 47.3 Å². The van der Waals surface area contributed by atoms with Gasteiger partial charge in [0.25, 0.3) is 11.8 Å². The van der Waals surface area contributed by atoms with Crippen molar-refractivity contribution in [1.82, 2.24) is 15.1 Å². The van der Waals surface area contributed by atoms with Gasteiger partial charge in [-0.05, 0) is 55.7 Å². The van der Waals surface area contributed by atoms with Gasteiger partial charge in [-0.1, -0.05) is 18.2 Å². The van der Waals surface area contributed by atoms with Crippen LogP contribution in [0.15, 0.2) is 48.5 Å². The number of hydrogen-bond acceptors (Lipinski definition) is 5. The summed E-state index contributed by atoms with van der Waals surface area (Å²) >= 11 is 0. The highest BCUT2D eigenvalue weighted by atomic mass is 19.4. The number of nitrogens with one attached hydrogen (secondary N) is 1. The first-order valence-corrected chi connectivity index (χ1v) is 13.0. The Labute approximate surface area is 231 Å². The van der Waals surface area contributed by atoms with Gasteiger partial charge in [-0.2, -0.15) is 18.3 Å². The molecule has 9 nitrogen and oxygen atoms in total. The smallest absolute Gasteiger partial charge is 0.416 e. The highest BCUT2D eigenvalue weighted by Gasteiger charge is 2.48. The van der Waals surface area contributed by atoms with Crippen LogP contribution in [0.25, 0.3) is 0 Å². The fourth-order valence-corrected chi connectivity index (χ4v) is 5.46. The third-order valence-electron chi connectivity index (χ3n) is 7.38. The van der Waals surface area contributed by atoms with Crippen molar-refractivity contribution in [2.45, 2.75) is 43.9 Å². The molecule has 1 fully saturated rings. The summed E-state index contributed by atoms with van der Waals surface area (Å²) in [7, 11) is 0. The zero-order valence-corrected chi connectivity index (χ0v) is 21.8. The van der Waals surface area contributed by atoms with Crippen LogP contribution in [0.2, 0.25) is 0 Å². The molecule has 0 saturated carbocycles. The van der Waals surface area contributed by atoms with Crippen LogP contribution in [0.3, 0.4) is 0 Å². The Balaban J connectivity index is 1.67. The van der Waals surface area contributed by atoms with Gasteiger partial charge in [0, 0.05) is 36.8 Å². The van der Waals surface area contributed by atoms with E-state index in [2.05, 4.69) is 10.4 Å². The number of carboxylic acid groups (broad SMARTS) is 1. The summed E-state index contributed by atoms with van der Waals surface area (Å²) in [5, 5.41) is 17.1. The Morgan fingerprint density at radius 3 is 2.41 bits per heavy atom. The molecule has 2 amide bonds. The van der Waals surface area contributed by atoms with Crippen molar-refractivity contribution in [3.8, 4) is 0 Å². The van der Waals surface area contributed by atoms with E-state index in [-0.39, 0.29) is 35.2 Å². The van der Waals surface area contributed by atoms with Crippen LogP contribution in [-0.2, 0) is 15.7 Å². The molecule has 1 saturated heterocycles. The van der Waals surface area contributed by atoms with Crippen LogP contribution < -0.4 is 10.2 Å². The van der Waals surface area contributed by atoms with Crippen LogP contribution >= 0.6 is 0 Å². The molecule has 2 aromatic carbocycles. The fourth-order valence-electron chi connectivity index (χ4n) is 5.46. The first-order chi connectivity index (χ1) is 19.5. The fraction of sp³-hybridized carbons (Fsp3) is 0.357. The quantitative estimate of drug-likeness (QED) is 0.423. The number of carboxylic acids is 1. The standard InChI is InChI=1S/C28H26F4N4O5/c1-2-35-25-21(23(27(39)40)34-36(25)19-10-12-41-13-11-19)20(15-6-8-18(29)9-7-15)22(26(35)38)33-24(37)16-4-3-5-17(14-16)28(30,31)32/h3-9,14,19-20,22H,2,10-13H2,1H3,(H,33,37)(H,39,40)/t20-,22-/m1/s1. The molecule has 3 heterocycles. The lowest BCUT2D eigenvalue weighted by molar-refractivity contribution is -0.137. The van der Waals surface area contributed by atoms with Crippen LogP contribution in [0.1, 0.15) is 69.3 Å². The summed E-state index contributed by atoms with van der Waals surface area (Å²) in [6.45, 7) is 2.59. The number of likely N-dealkylation sites (N-methyl/N-ethyl adjacent to an activating group) is 1. The molecule has 2 aliphatic rings. The molecule has 0 radical (unpaired) electrons. The van der Waals surface area contributed by atoms with Gasteiger partial charge >= 0.3 is 12.1 Å². The van der Waals surface area contributed by atoms with Crippen molar-refractivity contribution in [3.05, 3.63) is 82.3 Å². The van der Waals surface area contributed by atoms with Gasteiger partial charge in [0.05, 0.1) is 11.6 Å². The van der Waals surface area contributed by atoms with Gasteiger partial charge in [-0.25, -0.2) is 13.9 Å². The van der Waals surface area contributed by atoms with E-state index in [1.165, 1.54) is 27.8 Å². The number of anilines is 1. The molecular formula is C28H26F4N4O5. The first kappa shape index (κ1) is 28.3. The summed E-state index contributed by atoms with van der Waals surface area (Å²) in [4.78, 5) is 41.1. The number of fused-ring (bicyclic) bond motifs is 1. The number of rotatable bonds is 6. The molecule has 13 heteroatoms. The van der Waals surface area contributed by atoms with E-state index in [4.69, 9.17) is 4.74 Å². The molecule has 5 rings (SSSR count). The van der Waals surface area contributed by atoms with Crippen molar-refractivity contribution < 1.29 is 41.8 Å². The lowest BCUT2D eigenvalue weighted by atomic mass is 9.80. The molecule has 3 aromatic rings. The van der Waals surface area contributed by atoms with Gasteiger partial charge in [-0.3, -0.25) is 14.5 Å². The molecule has 1 aromatic heterocycles. The van der Waals surface area contributed by atoms with E-state index in [0.717, 1.165) is 24.3 Å². The number of amides is 2. The Hall–Kier alpha value is -4.26. The van der Waals surface area contributed by atoms with E-state index in [9.17, 15) is 37.1 Å². The minimum absolute atomic E-state index is 0.0892. The average Bonchev–Trinajstić information content (AvgIpc) is 3.34. The number of alkyl halides is 3. The van der Waals surface area contributed by atoms with Gasteiger partial charge in [0.2, 0.25) is 0 Å². The maximum absolute atomic E-state index is 14.0. The Morgan fingerprint density at radius 1 is 1.12 bits per heavy atom.